The summed E-state index contributed by atoms with van der Waals surface area (Å²) in [6.45, 7) is 1.57. The second-order valence-corrected chi connectivity index (χ2v) is 10.9. The molecular weight excluding hydrogens is 456 g/mol. The van der Waals surface area contributed by atoms with Gasteiger partial charge >= 0.3 is 0 Å². The first-order valence-corrected chi connectivity index (χ1v) is 12.7. The SMILES string of the molecule is Cc1c(S(=O)(=O)NCc2cccc(Cl)c2)n(S(=O)(=O)c2ccccc2)c2ccccc12. The van der Waals surface area contributed by atoms with Gasteiger partial charge in [-0.2, -0.15) is 0 Å². The molecule has 0 aliphatic rings. The Hall–Kier alpha value is -2.65. The minimum absolute atomic E-state index is 0.00189. The van der Waals surface area contributed by atoms with E-state index >= 15 is 0 Å². The van der Waals surface area contributed by atoms with Crippen molar-refractivity contribution in [2.75, 3.05) is 0 Å². The van der Waals surface area contributed by atoms with E-state index in [0.29, 0.717) is 27.1 Å². The number of halogens is 1. The van der Waals surface area contributed by atoms with Crippen molar-refractivity contribution in [3.63, 3.8) is 0 Å². The molecule has 0 unspecified atom stereocenters. The highest BCUT2D eigenvalue weighted by atomic mass is 35.5. The van der Waals surface area contributed by atoms with Crippen LogP contribution in [0.25, 0.3) is 10.9 Å². The number of hydrogen-bond donors (Lipinski definition) is 1. The predicted octanol–water partition coefficient (Wildman–Crippen LogP) is 4.32. The Morgan fingerprint density at radius 1 is 0.871 bits per heavy atom. The lowest BCUT2D eigenvalue weighted by molar-refractivity contribution is 0.565. The number of aryl methyl sites for hydroxylation is 1. The molecule has 0 amide bonds. The number of para-hydroxylation sites is 1. The number of sulfonamides is 1. The molecule has 1 heterocycles. The summed E-state index contributed by atoms with van der Waals surface area (Å²) < 4.78 is 57.1. The molecule has 0 spiro atoms. The molecule has 4 aromatic rings. The highest BCUT2D eigenvalue weighted by molar-refractivity contribution is 7.92. The maximum absolute atomic E-state index is 13.5. The van der Waals surface area contributed by atoms with Gasteiger partial charge in [0.2, 0.25) is 0 Å². The predicted molar refractivity (Wildman–Crippen MR) is 121 cm³/mol. The summed E-state index contributed by atoms with van der Waals surface area (Å²) in [5.74, 6) is 0. The number of hydrogen-bond acceptors (Lipinski definition) is 4. The molecule has 1 N–H and O–H groups in total. The fourth-order valence-corrected chi connectivity index (χ4v) is 7.10. The van der Waals surface area contributed by atoms with E-state index in [4.69, 9.17) is 11.6 Å². The molecular formula is C22H19ClN2O4S2. The lowest BCUT2D eigenvalue weighted by Crippen LogP contribution is -2.28. The summed E-state index contributed by atoms with van der Waals surface area (Å²) >= 11 is 5.98. The maximum atomic E-state index is 13.5. The largest absolute Gasteiger partial charge is 0.269 e. The number of nitrogens with zero attached hydrogens (tertiary/aromatic N) is 1. The molecule has 9 heteroatoms. The van der Waals surface area contributed by atoms with Crippen LogP contribution in [0.4, 0.5) is 0 Å². The van der Waals surface area contributed by atoms with Crippen LogP contribution in [0.2, 0.25) is 5.02 Å². The molecule has 0 radical (unpaired) electrons. The highest BCUT2D eigenvalue weighted by Gasteiger charge is 2.32. The quantitative estimate of drug-likeness (QED) is 0.451. The number of benzene rings is 3. The van der Waals surface area contributed by atoms with Gasteiger partial charge in [-0.25, -0.2) is 25.5 Å². The molecule has 6 nitrogen and oxygen atoms in total. The molecule has 0 saturated heterocycles. The Kier molecular flexibility index (Phi) is 5.65. The van der Waals surface area contributed by atoms with Crippen LogP contribution in [0.5, 0.6) is 0 Å². The van der Waals surface area contributed by atoms with Gasteiger partial charge in [-0.15, -0.1) is 0 Å². The average molecular weight is 475 g/mol. The standard InChI is InChI=1S/C22H19ClN2O4S2/c1-16-20-12-5-6-13-21(20)25(31(28,29)19-10-3-2-4-11-19)22(16)30(26,27)24-15-17-8-7-9-18(23)14-17/h2-14,24H,15H2,1H3. The van der Waals surface area contributed by atoms with Gasteiger partial charge in [0.15, 0.2) is 5.03 Å². The van der Waals surface area contributed by atoms with E-state index in [1.54, 1.807) is 73.7 Å². The molecule has 0 aliphatic heterocycles. The van der Waals surface area contributed by atoms with E-state index < -0.39 is 20.0 Å². The molecule has 3 aromatic carbocycles. The van der Waals surface area contributed by atoms with Gasteiger partial charge in [0.1, 0.15) is 0 Å². The van der Waals surface area contributed by atoms with Crippen molar-refractivity contribution in [2.24, 2.45) is 0 Å². The van der Waals surface area contributed by atoms with Crippen LogP contribution in [-0.2, 0) is 26.6 Å². The number of rotatable bonds is 6. The van der Waals surface area contributed by atoms with Gasteiger partial charge in [0.25, 0.3) is 20.0 Å². The van der Waals surface area contributed by atoms with Crippen molar-refractivity contribution >= 4 is 42.6 Å². The molecule has 31 heavy (non-hydrogen) atoms. The van der Waals surface area contributed by atoms with Crippen molar-refractivity contribution < 1.29 is 16.8 Å². The van der Waals surface area contributed by atoms with Crippen LogP contribution in [-0.4, -0.2) is 20.8 Å². The molecule has 1 aromatic heterocycles. The van der Waals surface area contributed by atoms with E-state index in [-0.39, 0.29) is 16.5 Å². The van der Waals surface area contributed by atoms with Crippen molar-refractivity contribution in [3.8, 4) is 0 Å². The maximum Gasteiger partial charge on any atom is 0.269 e. The van der Waals surface area contributed by atoms with Crippen LogP contribution in [0, 0.1) is 6.92 Å². The fourth-order valence-electron chi connectivity index (χ4n) is 3.49. The first-order chi connectivity index (χ1) is 14.7. The molecule has 0 aliphatic carbocycles. The molecule has 0 fully saturated rings. The van der Waals surface area contributed by atoms with Gasteiger partial charge in [-0.1, -0.05) is 60.1 Å². The fraction of sp³-hybridized carbons (Fsp3) is 0.0909. The lowest BCUT2D eigenvalue weighted by Gasteiger charge is -2.14. The van der Waals surface area contributed by atoms with E-state index in [1.165, 1.54) is 12.1 Å². The van der Waals surface area contributed by atoms with Crippen LogP contribution in [0.3, 0.4) is 0 Å². The summed E-state index contributed by atoms with van der Waals surface area (Å²) in [7, 11) is -8.37. The van der Waals surface area contributed by atoms with E-state index in [2.05, 4.69) is 4.72 Å². The summed E-state index contributed by atoms with van der Waals surface area (Å²) in [4.78, 5) is 0.00189. The van der Waals surface area contributed by atoms with Gasteiger partial charge in [0.05, 0.1) is 10.4 Å². The Morgan fingerprint density at radius 3 is 2.26 bits per heavy atom. The van der Waals surface area contributed by atoms with Gasteiger partial charge in [-0.05, 0) is 48.4 Å². The first kappa shape index (κ1) is 21.6. The third-order valence-corrected chi connectivity index (χ3v) is 8.52. The van der Waals surface area contributed by atoms with Gasteiger partial charge in [-0.3, -0.25) is 0 Å². The van der Waals surface area contributed by atoms with Crippen molar-refractivity contribution in [1.29, 1.82) is 0 Å². The number of fused-ring (bicyclic) bond motifs is 1. The summed E-state index contributed by atoms with van der Waals surface area (Å²) in [5, 5.41) is 0.721. The zero-order valence-electron chi connectivity index (χ0n) is 16.5. The molecule has 0 bridgehead atoms. The third kappa shape index (κ3) is 3.99. The smallest absolute Gasteiger partial charge is 0.221 e. The monoisotopic (exact) mass is 474 g/mol. The molecule has 0 atom stereocenters. The van der Waals surface area contributed by atoms with E-state index in [9.17, 15) is 16.8 Å². The van der Waals surface area contributed by atoms with Crippen molar-refractivity contribution in [3.05, 3.63) is 95.0 Å². The topological polar surface area (TPSA) is 85.2 Å². The van der Waals surface area contributed by atoms with E-state index in [0.717, 1.165) is 3.97 Å². The summed E-state index contributed by atoms with van der Waals surface area (Å²) in [5.41, 5.74) is 1.31. The molecule has 4 rings (SSSR count). The lowest BCUT2D eigenvalue weighted by atomic mass is 10.2. The van der Waals surface area contributed by atoms with Crippen molar-refractivity contribution in [2.45, 2.75) is 23.4 Å². The second-order valence-electron chi connectivity index (χ2n) is 6.98. The van der Waals surface area contributed by atoms with Gasteiger partial charge in [0, 0.05) is 17.0 Å². The van der Waals surface area contributed by atoms with Crippen molar-refractivity contribution in [1.82, 2.24) is 8.69 Å². The second kappa shape index (κ2) is 8.12. The minimum atomic E-state index is -4.19. The van der Waals surface area contributed by atoms with Crippen LogP contribution in [0.15, 0.2) is 88.8 Å². The van der Waals surface area contributed by atoms with Gasteiger partial charge < -0.3 is 0 Å². The van der Waals surface area contributed by atoms with Crippen LogP contribution >= 0.6 is 11.6 Å². The van der Waals surface area contributed by atoms with E-state index in [1.807, 2.05) is 0 Å². The Balaban J connectivity index is 1.90. The summed E-state index contributed by atoms with van der Waals surface area (Å²) in [6, 6.07) is 21.3. The van der Waals surface area contributed by atoms with Crippen LogP contribution in [0.1, 0.15) is 11.1 Å². The molecule has 160 valence electrons. The normalized spacial score (nSPS) is 12.3. The average Bonchev–Trinajstić information content (AvgIpc) is 3.07. The third-order valence-electron chi connectivity index (χ3n) is 4.92. The number of aromatic nitrogens is 1. The highest BCUT2D eigenvalue weighted by Crippen LogP contribution is 2.32. The zero-order valence-corrected chi connectivity index (χ0v) is 18.9. The minimum Gasteiger partial charge on any atom is -0.221 e. The number of nitrogens with one attached hydrogen (secondary N) is 1. The Labute approximate surface area is 186 Å². The Bertz CT molecular complexity index is 1480. The van der Waals surface area contributed by atoms with Crippen LogP contribution < -0.4 is 4.72 Å². The molecule has 0 saturated carbocycles. The summed E-state index contributed by atoms with van der Waals surface area (Å²) in [6.07, 6.45) is 0. The first-order valence-electron chi connectivity index (χ1n) is 9.36. The zero-order chi connectivity index (χ0) is 22.2. The Morgan fingerprint density at radius 2 is 1.55 bits per heavy atom.